The van der Waals surface area contributed by atoms with Crippen LogP contribution >= 0.6 is 11.8 Å². The van der Waals surface area contributed by atoms with Gasteiger partial charge in [-0.2, -0.15) is 5.26 Å². The first-order valence-electron chi connectivity index (χ1n) is 2.26. The average Bonchev–Trinajstić information content (AvgIpc) is 2.43. The molecule has 0 aromatic carbocycles. The summed E-state index contributed by atoms with van der Waals surface area (Å²) in [6, 6.07) is 0. The molecule has 1 rings (SSSR count). The fraction of sp³-hybridized carbons (Fsp3) is 0.200. The Bertz CT molecular complexity index is 136. The summed E-state index contributed by atoms with van der Waals surface area (Å²) in [6.07, 6.45) is 6.82. The summed E-state index contributed by atoms with van der Waals surface area (Å²) in [4.78, 5) is 6.42. The summed E-state index contributed by atoms with van der Waals surface area (Å²) < 4.78 is 0. The maximum atomic E-state index is 7.59. The Morgan fingerprint density at radius 1 is 1.78 bits per heavy atom. The van der Waals surface area contributed by atoms with Crippen molar-refractivity contribution in [1.29, 1.82) is 5.26 Å². The van der Waals surface area contributed by atoms with Gasteiger partial charge in [0.05, 0.1) is 6.33 Å². The molecule has 0 aliphatic rings. The van der Waals surface area contributed by atoms with E-state index in [-0.39, 0.29) is 0 Å². The predicted molar refractivity (Wildman–Crippen MR) is 37.7 cm³/mol. The molecule has 9 heavy (non-hydrogen) atoms. The van der Waals surface area contributed by atoms with Gasteiger partial charge in [-0.05, 0) is 18.0 Å². The fourth-order valence-corrected chi connectivity index (χ4v) is 0.215. The number of nitrogens with zero attached hydrogens (tertiary/aromatic N) is 2. The number of thiocyanates is 1. The highest BCUT2D eigenvalue weighted by atomic mass is 32.2. The molecule has 4 heteroatoms. The van der Waals surface area contributed by atoms with Crippen molar-refractivity contribution in [3.05, 3.63) is 18.7 Å². The van der Waals surface area contributed by atoms with Gasteiger partial charge in [0, 0.05) is 12.4 Å². The topological polar surface area (TPSA) is 52.5 Å². The summed E-state index contributed by atoms with van der Waals surface area (Å²) in [7, 11) is 0. The van der Waals surface area contributed by atoms with Crippen LogP contribution in [0.25, 0.3) is 0 Å². The van der Waals surface area contributed by atoms with Crippen LogP contribution in [0.1, 0.15) is 0 Å². The molecule has 0 saturated carbocycles. The van der Waals surface area contributed by atoms with Crippen LogP contribution < -0.4 is 0 Å². The Morgan fingerprint density at radius 2 is 2.44 bits per heavy atom. The van der Waals surface area contributed by atoms with Crippen molar-refractivity contribution in [1.82, 2.24) is 9.97 Å². The maximum absolute atomic E-state index is 7.59. The minimum Gasteiger partial charge on any atom is -0.351 e. The van der Waals surface area contributed by atoms with E-state index in [1.54, 1.807) is 25.0 Å². The van der Waals surface area contributed by atoms with Gasteiger partial charge >= 0.3 is 0 Å². The first-order valence-corrected chi connectivity index (χ1v) is 3.49. The van der Waals surface area contributed by atoms with E-state index in [4.69, 9.17) is 5.26 Å². The zero-order valence-electron chi connectivity index (χ0n) is 5.03. The lowest BCUT2D eigenvalue weighted by Crippen LogP contribution is -1.44. The third kappa shape index (κ3) is 7.05. The van der Waals surface area contributed by atoms with Gasteiger partial charge in [0.15, 0.2) is 0 Å². The molecule has 0 aliphatic heterocycles. The van der Waals surface area contributed by atoms with Gasteiger partial charge in [-0.1, -0.05) is 0 Å². The Labute approximate surface area is 58.1 Å². The van der Waals surface area contributed by atoms with Crippen LogP contribution in [-0.4, -0.2) is 16.2 Å². The lowest BCUT2D eigenvalue weighted by molar-refractivity contribution is 1.31. The Morgan fingerprint density at radius 3 is 2.56 bits per heavy atom. The van der Waals surface area contributed by atoms with Crippen molar-refractivity contribution < 1.29 is 0 Å². The van der Waals surface area contributed by atoms with Crippen LogP contribution in [0.5, 0.6) is 0 Å². The highest BCUT2D eigenvalue weighted by molar-refractivity contribution is 8.03. The summed E-state index contributed by atoms with van der Waals surface area (Å²) in [5.41, 5.74) is 0. The number of hydrogen-bond donors (Lipinski definition) is 1. The van der Waals surface area contributed by atoms with E-state index in [0.717, 1.165) is 11.8 Å². The smallest absolute Gasteiger partial charge is 0.133 e. The van der Waals surface area contributed by atoms with Crippen LogP contribution in [0.4, 0.5) is 0 Å². The van der Waals surface area contributed by atoms with Crippen molar-refractivity contribution in [2.45, 2.75) is 0 Å². The molecule has 0 saturated heterocycles. The molecule has 0 unspecified atom stereocenters. The average molecular weight is 141 g/mol. The monoisotopic (exact) mass is 141 g/mol. The van der Waals surface area contributed by atoms with Gasteiger partial charge in [-0.25, -0.2) is 4.98 Å². The third-order valence-electron chi connectivity index (χ3n) is 0.497. The summed E-state index contributed by atoms with van der Waals surface area (Å²) in [5, 5.41) is 9.44. The molecule has 0 atom stereocenters. The zero-order chi connectivity index (χ0) is 6.95. The van der Waals surface area contributed by atoms with Crippen LogP contribution in [0.3, 0.4) is 0 Å². The number of aromatic nitrogens is 2. The normalized spacial score (nSPS) is 6.67. The molecule has 0 amide bonds. The second kappa shape index (κ2) is 7.05. The molecule has 3 nitrogen and oxygen atoms in total. The quantitative estimate of drug-likeness (QED) is 0.553. The van der Waals surface area contributed by atoms with E-state index in [9.17, 15) is 0 Å². The van der Waals surface area contributed by atoms with E-state index >= 15 is 0 Å². The molecular weight excluding hydrogens is 134 g/mol. The number of nitriles is 1. The van der Waals surface area contributed by atoms with Crippen molar-refractivity contribution in [2.75, 3.05) is 6.26 Å². The van der Waals surface area contributed by atoms with E-state index in [1.807, 2.05) is 5.40 Å². The molecule has 0 fully saturated rings. The highest BCUT2D eigenvalue weighted by Gasteiger charge is 1.56. The van der Waals surface area contributed by atoms with E-state index in [2.05, 4.69) is 9.97 Å². The Balaban J connectivity index is 0.000000148. The van der Waals surface area contributed by atoms with Crippen molar-refractivity contribution >= 4 is 11.8 Å². The van der Waals surface area contributed by atoms with Gasteiger partial charge in [-0.15, -0.1) is 0 Å². The Kier molecular flexibility index (Phi) is 6.31. The predicted octanol–water partition coefficient (Wildman–Crippen LogP) is 1.24. The first kappa shape index (κ1) is 8.05. The molecule has 1 N–H and O–H groups in total. The molecule has 48 valence electrons. The zero-order valence-corrected chi connectivity index (χ0v) is 5.85. The number of H-pyrrole nitrogens is 1. The molecule has 0 spiro atoms. The first-order chi connectivity index (χ1) is 4.41. The molecule has 1 heterocycles. The fourth-order valence-electron chi connectivity index (χ4n) is 0.215. The molecule has 0 aliphatic carbocycles. The largest absolute Gasteiger partial charge is 0.351 e. The van der Waals surface area contributed by atoms with Crippen LogP contribution in [0, 0.1) is 10.7 Å². The number of aromatic amines is 1. The van der Waals surface area contributed by atoms with Gasteiger partial charge in [-0.3, -0.25) is 0 Å². The number of nitrogens with one attached hydrogen (secondary N) is 1. The summed E-state index contributed by atoms with van der Waals surface area (Å²) in [6.45, 7) is 0. The SMILES string of the molecule is CSC#N.c1c[nH]cn1. The van der Waals surface area contributed by atoms with Gasteiger partial charge in [0.1, 0.15) is 5.40 Å². The standard InChI is InChI=1S/C3H4N2.C2H3NS/c1-2-5-3-4-1;1-4-2-3/h1-3H,(H,4,5);1H3. The minimum absolute atomic E-state index is 1.16. The molecule has 0 radical (unpaired) electrons. The molecule has 1 aromatic heterocycles. The minimum atomic E-state index is 1.16. The van der Waals surface area contributed by atoms with Gasteiger partial charge < -0.3 is 4.98 Å². The third-order valence-corrected chi connectivity index (χ3v) is 0.680. The number of thioether (sulfide) groups is 1. The van der Waals surface area contributed by atoms with Gasteiger partial charge in [0.25, 0.3) is 0 Å². The van der Waals surface area contributed by atoms with Crippen molar-refractivity contribution in [2.24, 2.45) is 0 Å². The van der Waals surface area contributed by atoms with Crippen LogP contribution in [0.15, 0.2) is 18.7 Å². The summed E-state index contributed by atoms with van der Waals surface area (Å²) in [5.74, 6) is 0. The van der Waals surface area contributed by atoms with E-state index < -0.39 is 0 Å². The number of imidazole rings is 1. The maximum Gasteiger partial charge on any atom is 0.133 e. The second-order valence-corrected chi connectivity index (χ2v) is 1.65. The Hall–Kier alpha value is -0.950. The number of rotatable bonds is 0. The van der Waals surface area contributed by atoms with Crippen molar-refractivity contribution in [3.8, 4) is 5.40 Å². The lowest BCUT2D eigenvalue weighted by Gasteiger charge is -1.47. The highest BCUT2D eigenvalue weighted by Crippen LogP contribution is 1.78. The number of hydrogen-bond acceptors (Lipinski definition) is 3. The second-order valence-electron chi connectivity index (χ2n) is 1.06. The van der Waals surface area contributed by atoms with E-state index in [1.165, 1.54) is 0 Å². The van der Waals surface area contributed by atoms with Crippen LogP contribution in [-0.2, 0) is 0 Å². The van der Waals surface area contributed by atoms with Crippen LogP contribution in [0.2, 0.25) is 0 Å². The van der Waals surface area contributed by atoms with Crippen molar-refractivity contribution in [3.63, 3.8) is 0 Å². The molecular formula is C5H7N3S. The molecule has 1 aromatic rings. The molecule has 0 bridgehead atoms. The lowest BCUT2D eigenvalue weighted by atomic mass is 11.0. The van der Waals surface area contributed by atoms with E-state index in [0.29, 0.717) is 0 Å². The summed E-state index contributed by atoms with van der Waals surface area (Å²) >= 11 is 1.16. The van der Waals surface area contributed by atoms with Gasteiger partial charge in [0.2, 0.25) is 0 Å².